The zero-order chi connectivity index (χ0) is 18.2. The number of nitrogens with one attached hydrogen (secondary N) is 2. The highest BCUT2D eigenvalue weighted by Gasteiger charge is 2.32. The number of rotatable bonds is 8. The molecule has 8 heteroatoms. The molecule has 3 N–H and O–H groups in total. The molecule has 0 bridgehead atoms. The Kier molecular flexibility index (Phi) is 7.34. The van der Waals surface area contributed by atoms with Crippen molar-refractivity contribution in [2.75, 3.05) is 6.54 Å². The van der Waals surface area contributed by atoms with Crippen molar-refractivity contribution in [2.24, 2.45) is 0 Å². The molecular formula is C16H22N2O6. The van der Waals surface area contributed by atoms with Crippen molar-refractivity contribution in [3.8, 4) is 0 Å². The van der Waals surface area contributed by atoms with Gasteiger partial charge >= 0.3 is 17.9 Å². The van der Waals surface area contributed by atoms with Crippen LogP contribution in [0, 0.1) is 0 Å². The Hall–Kier alpha value is -2.45. The molecule has 1 rings (SSSR count). The zero-order valence-electron chi connectivity index (χ0n) is 13.9. The third-order valence-corrected chi connectivity index (χ3v) is 2.59. The van der Waals surface area contributed by atoms with E-state index in [1.165, 1.54) is 0 Å². The lowest BCUT2D eigenvalue weighted by Gasteiger charge is -2.23. The summed E-state index contributed by atoms with van der Waals surface area (Å²) in [6.45, 7) is 4.47. The Morgan fingerprint density at radius 3 is 2.29 bits per heavy atom. The van der Waals surface area contributed by atoms with Gasteiger partial charge in [0, 0.05) is 0 Å². The Bertz CT molecular complexity index is 568. The monoisotopic (exact) mass is 338 g/mol. The second kappa shape index (κ2) is 8.99. The summed E-state index contributed by atoms with van der Waals surface area (Å²) < 4.78 is 10.2. The molecule has 1 atom stereocenters. The zero-order valence-corrected chi connectivity index (χ0v) is 13.9. The second-order valence-corrected chi connectivity index (χ2v) is 5.95. The molecule has 1 aromatic carbocycles. The maximum absolute atomic E-state index is 12.1. The molecule has 0 saturated carbocycles. The van der Waals surface area contributed by atoms with Crippen LogP contribution in [0.4, 0.5) is 0 Å². The molecule has 24 heavy (non-hydrogen) atoms. The third-order valence-electron chi connectivity index (χ3n) is 2.59. The molecule has 0 saturated heterocycles. The van der Waals surface area contributed by atoms with E-state index < -0.39 is 36.1 Å². The molecular weight excluding hydrogens is 316 g/mol. The van der Waals surface area contributed by atoms with Crippen molar-refractivity contribution in [3.05, 3.63) is 35.9 Å². The third kappa shape index (κ3) is 7.70. The number of hydrogen-bond acceptors (Lipinski definition) is 7. The topological polar surface area (TPSA) is 114 Å². The van der Waals surface area contributed by atoms with E-state index in [0.717, 1.165) is 5.56 Å². The summed E-state index contributed by atoms with van der Waals surface area (Å²) in [7, 11) is 0. The van der Waals surface area contributed by atoms with Crippen molar-refractivity contribution in [3.63, 3.8) is 0 Å². The molecule has 0 spiro atoms. The highest BCUT2D eigenvalue weighted by atomic mass is 16.6. The number of esters is 2. The predicted molar refractivity (Wildman–Crippen MR) is 84.6 cm³/mol. The molecule has 0 aliphatic rings. The Morgan fingerprint density at radius 2 is 1.75 bits per heavy atom. The van der Waals surface area contributed by atoms with Crippen molar-refractivity contribution >= 4 is 17.9 Å². The summed E-state index contributed by atoms with van der Waals surface area (Å²) in [4.78, 5) is 34.8. The highest BCUT2D eigenvalue weighted by molar-refractivity contribution is 5.99. The first kappa shape index (κ1) is 19.6. The van der Waals surface area contributed by atoms with Crippen LogP contribution >= 0.6 is 0 Å². The van der Waals surface area contributed by atoms with Crippen LogP contribution in [0.2, 0.25) is 0 Å². The Balaban J connectivity index is 2.69. The summed E-state index contributed by atoms with van der Waals surface area (Å²) in [5, 5.41) is 8.61. The fraction of sp³-hybridized carbons (Fsp3) is 0.438. The van der Waals surface area contributed by atoms with Gasteiger partial charge in [-0.3, -0.25) is 4.79 Å². The molecule has 0 fully saturated rings. The minimum Gasteiger partial charge on any atom is -0.480 e. The number of carboxylic acid groups (broad SMARTS) is 1. The smallest absolute Gasteiger partial charge is 0.336 e. The van der Waals surface area contributed by atoms with Gasteiger partial charge in [-0.1, -0.05) is 30.3 Å². The number of carbonyl (C=O) groups excluding carboxylic acids is 2. The first-order chi connectivity index (χ1) is 11.2. The van der Waals surface area contributed by atoms with E-state index in [1.807, 2.05) is 6.07 Å². The number of carboxylic acids is 1. The van der Waals surface area contributed by atoms with Crippen LogP contribution in [0.25, 0.3) is 0 Å². The number of carbonyl (C=O) groups is 3. The van der Waals surface area contributed by atoms with Gasteiger partial charge in [-0.15, -0.1) is 0 Å². The van der Waals surface area contributed by atoms with Crippen LogP contribution in [-0.2, 0) is 30.5 Å². The van der Waals surface area contributed by atoms with Crippen LogP contribution in [-0.4, -0.2) is 41.2 Å². The van der Waals surface area contributed by atoms with E-state index >= 15 is 0 Å². The van der Waals surface area contributed by atoms with Gasteiger partial charge in [0.1, 0.15) is 18.8 Å². The minimum absolute atomic E-state index is 0.0143. The van der Waals surface area contributed by atoms with Crippen molar-refractivity contribution in [1.29, 1.82) is 0 Å². The number of hydrogen-bond donors (Lipinski definition) is 3. The van der Waals surface area contributed by atoms with E-state index in [-0.39, 0.29) is 6.61 Å². The number of aliphatic carboxylic acids is 1. The largest absolute Gasteiger partial charge is 0.480 e. The molecule has 1 unspecified atom stereocenters. The fourth-order valence-corrected chi connectivity index (χ4v) is 1.62. The predicted octanol–water partition coefficient (Wildman–Crippen LogP) is 0.619. The van der Waals surface area contributed by atoms with Gasteiger partial charge in [0.2, 0.25) is 6.04 Å². The summed E-state index contributed by atoms with van der Waals surface area (Å²) in [6, 6.07) is 7.47. The normalized spacial score (nSPS) is 12.3. The summed E-state index contributed by atoms with van der Waals surface area (Å²) >= 11 is 0. The van der Waals surface area contributed by atoms with Crippen LogP contribution < -0.4 is 10.9 Å². The molecule has 0 amide bonds. The summed E-state index contributed by atoms with van der Waals surface area (Å²) in [5.41, 5.74) is 4.56. The van der Waals surface area contributed by atoms with E-state index in [0.29, 0.717) is 0 Å². The molecule has 0 radical (unpaired) electrons. The van der Waals surface area contributed by atoms with Gasteiger partial charge < -0.3 is 14.6 Å². The molecule has 132 valence electrons. The van der Waals surface area contributed by atoms with Gasteiger partial charge in [-0.25, -0.2) is 20.4 Å². The van der Waals surface area contributed by atoms with Gasteiger partial charge in [0.15, 0.2) is 0 Å². The highest BCUT2D eigenvalue weighted by Crippen LogP contribution is 2.10. The first-order valence-corrected chi connectivity index (χ1v) is 7.32. The minimum atomic E-state index is -1.48. The Morgan fingerprint density at radius 1 is 1.12 bits per heavy atom. The van der Waals surface area contributed by atoms with E-state index in [2.05, 4.69) is 10.9 Å². The number of ether oxygens (including phenoxy) is 2. The molecule has 0 aliphatic carbocycles. The van der Waals surface area contributed by atoms with Crippen molar-refractivity contribution in [2.45, 2.75) is 39.0 Å². The van der Waals surface area contributed by atoms with Crippen LogP contribution in [0.1, 0.15) is 26.3 Å². The van der Waals surface area contributed by atoms with E-state index in [4.69, 9.17) is 14.6 Å². The molecule has 0 heterocycles. The molecule has 8 nitrogen and oxygen atoms in total. The van der Waals surface area contributed by atoms with Crippen molar-refractivity contribution < 1.29 is 29.0 Å². The van der Waals surface area contributed by atoms with E-state index in [9.17, 15) is 14.4 Å². The quantitative estimate of drug-likeness (QED) is 0.359. The standard InChI is InChI=1S/C16H22N2O6/c1-16(2,3)24-15(22)13(18-17-9-12(19)20)14(21)23-10-11-7-5-4-6-8-11/h4-8,13,17-18H,9-10H2,1-3H3,(H,19,20). The lowest BCUT2D eigenvalue weighted by Crippen LogP contribution is -2.53. The Labute approximate surface area is 140 Å². The molecule has 0 aliphatic heterocycles. The lowest BCUT2D eigenvalue weighted by atomic mass is 10.2. The summed E-state index contributed by atoms with van der Waals surface area (Å²) in [5.74, 6) is -2.88. The second-order valence-electron chi connectivity index (χ2n) is 5.95. The lowest BCUT2D eigenvalue weighted by molar-refractivity contribution is -0.167. The number of benzene rings is 1. The molecule has 1 aromatic rings. The van der Waals surface area contributed by atoms with Gasteiger partial charge in [0.25, 0.3) is 0 Å². The summed E-state index contributed by atoms with van der Waals surface area (Å²) in [6.07, 6.45) is 0. The fourth-order valence-electron chi connectivity index (χ4n) is 1.62. The van der Waals surface area contributed by atoms with Crippen LogP contribution in [0.3, 0.4) is 0 Å². The molecule has 0 aromatic heterocycles. The van der Waals surface area contributed by atoms with Gasteiger partial charge in [-0.05, 0) is 26.3 Å². The SMILES string of the molecule is CC(C)(C)OC(=O)C(NNCC(=O)O)C(=O)OCc1ccccc1. The van der Waals surface area contributed by atoms with Gasteiger partial charge in [-0.2, -0.15) is 0 Å². The number of hydrazine groups is 1. The van der Waals surface area contributed by atoms with Crippen molar-refractivity contribution in [1.82, 2.24) is 10.9 Å². The first-order valence-electron chi connectivity index (χ1n) is 7.32. The van der Waals surface area contributed by atoms with Gasteiger partial charge in [0.05, 0.1) is 0 Å². The maximum Gasteiger partial charge on any atom is 0.336 e. The maximum atomic E-state index is 12.1. The van der Waals surface area contributed by atoms with Crippen LogP contribution in [0.5, 0.6) is 0 Å². The van der Waals surface area contributed by atoms with E-state index in [1.54, 1.807) is 45.0 Å². The average Bonchev–Trinajstić information content (AvgIpc) is 2.48. The van der Waals surface area contributed by atoms with Crippen LogP contribution in [0.15, 0.2) is 30.3 Å². The average molecular weight is 338 g/mol.